The number of carbonyl (C=O) groups excluding carboxylic acids is 1. The first-order valence-corrected chi connectivity index (χ1v) is 9.37. The van der Waals surface area contributed by atoms with Crippen molar-refractivity contribution in [3.8, 4) is 5.75 Å². The number of pyridine rings is 1. The van der Waals surface area contributed by atoms with Crippen molar-refractivity contribution in [3.63, 3.8) is 0 Å². The number of carbonyl (C=O) groups is 1. The molecule has 0 fully saturated rings. The molecule has 2 N–H and O–H groups in total. The van der Waals surface area contributed by atoms with E-state index in [1.54, 1.807) is 31.5 Å². The van der Waals surface area contributed by atoms with Crippen LogP contribution in [0, 0.1) is 0 Å². The van der Waals surface area contributed by atoms with Gasteiger partial charge in [-0.1, -0.05) is 35.9 Å². The van der Waals surface area contributed by atoms with Crippen molar-refractivity contribution in [2.45, 2.75) is 13.0 Å². The Balaban J connectivity index is 1.47. The molecule has 28 heavy (non-hydrogen) atoms. The molecule has 2 aromatic carbocycles. The average molecular weight is 396 g/mol. The van der Waals surface area contributed by atoms with Gasteiger partial charge in [0.2, 0.25) is 0 Å². The van der Waals surface area contributed by atoms with Gasteiger partial charge >= 0.3 is 0 Å². The number of halogens is 1. The van der Waals surface area contributed by atoms with E-state index in [1.165, 1.54) is 5.56 Å². The average Bonchev–Trinajstić information content (AvgIpc) is 2.74. The number of benzene rings is 2. The Labute approximate surface area is 169 Å². The summed E-state index contributed by atoms with van der Waals surface area (Å²) < 4.78 is 5.23. The molecule has 0 atom stereocenters. The third-order valence-electron chi connectivity index (χ3n) is 4.24. The molecule has 0 bridgehead atoms. The zero-order chi connectivity index (χ0) is 19.8. The topological polar surface area (TPSA) is 63.2 Å². The van der Waals surface area contributed by atoms with E-state index in [4.69, 9.17) is 16.3 Å². The molecule has 0 saturated carbocycles. The maximum absolute atomic E-state index is 12.2. The summed E-state index contributed by atoms with van der Waals surface area (Å²) in [5.41, 5.74) is 3.43. The fourth-order valence-corrected chi connectivity index (χ4v) is 2.81. The van der Waals surface area contributed by atoms with E-state index in [0.717, 1.165) is 30.0 Å². The Morgan fingerprint density at radius 2 is 1.89 bits per heavy atom. The van der Waals surface area contributed by atoms with Gasteiger partial charge in [-0.05, 0) is 53.9 Å². The lowest BCUT2D eigenvalue weighted by atomic mass is 10.1. The Hall–Kier alpha value is -3.05. The maximum atomic E-state index is 12.2. The van der Waals surface area contributed by atoms with Gasteiger partial charge in [0.1, 0.15) is 11.4 Å². The Morgan fingerprint density at radius 3 is 2.61 bits per heavy atom. The second-order valence-corrected chi connectivity index (χ2v) is 6.71. The van der Waals surface area contributed by atoms with Gasteiger partial charge < -0.3 is 15.4 Å². The van der Waals surface area contributed by atoms with Crippen LogP contribution < -0.4 is 15.4 Å². The summed E-state index contributed by atoms with van der Waals surface area (Å²) in [6.07, 6.45) is 2.53. The molecule has 3 rings (SSSR count). The number of amides is 1. The van der Waals surface area contributed by atoms with Crippen LogP contribution in [0.3, 0.4) is 0 Å². The van der Waals surface area contributed by atoms with Gasteiger partial charge in [0.15, 0.2) is 0 Å². The summed E-state index contributed by atoms with van der Waals surface area (Å²) in [5, 5.41) is 6.84. The molecule has 0 spiro atoms. The zero-order valence-electron chi connectivity index (χ0n) is 15.6. The second-order valence-electron chi connectivity index (χ2n) is 6.27. The molecule has 0 aliphatic heterocycles. The van der Waals surface area contributed by atoms with Crippen molar-refractivity contribution in [1.29, 1.82) is 0 Å². The molecule has 3 aromatic rings. The molecule has 0 radical (unpaired) electrons. The van der Waals surface area contributed by atoms with Crippen LogP contribution >= 0.6 is 11.6 Å². The van der Waals surface area contributed by atoms with Crippen LogP contribution in [0.25, 0.3) is 0 Å². The van der Waals surface area contributed by atoms with Crippen molar-refractivity contribution < 1.29 is 9.53 Å². The van der Waals surface area contributed by atoms with Crippen molar-refractivity contribution in [2.75, 3.05) is 19.0 Å². The molecule has 6 heteroatoms. The summed E-state index contributed by atoms with van der Waals surface area (Å²) in [5.74, 6) is 0.644. The number of nitrogens with one attached hydrogen (secondary N) is 2. The lowest BCUT2D eigenvalue weighted by Crippen LogP contribution is -2.23. The van der Waals surface area contributed by atoms with E-state index < -0.39 is 0 Å². The van der Waals surface area contributed by atoms with Crippen LogP contribution in [0.15, 0.2) is 66.9 Å². The number of methoxy groups -OCH3 is 1. The number of anilines is 1. The van der Waals surface area contributed by atoms with Gasteiger partial charge in [-0.25, -0.2) is 4.98 Å². The minimum atomic E-state index is -0.210. The van der Waals surface area contributed by atoms with Gasteiger partial charge in [-0.15, -0.1) is 0 Å². The van der Waals surface area contributed by atoms with Gasteiger partial charge in [0.25, 0.3) is 5.91 Å². The Morgan fingerprint density at radius 1 is 1.07 bits per heavy atom. The standard InChI is InChI=1S/C22H22ClN3O2/c1-28-20-4-2-3-16(13-20)11-12-24-19-9-10-21(25-15-19)22(27)26-14-17-5-7-18(23)8-6-17/h2-10,13,15,24H,11-12,14H2,1H3,(H,26,27). The highest BCUT2D eigenvalue weighted by Gasteiger charge is 2.07. The Kier molecular flexibility index (Phi) is 6.87. The summed E-state index contributed by atoms with van der Waals surface area (Å²) in [6.45, 7) is 1.19. The fraction of sp³-hybridized carbons (Fsp3) is 0.182. The first-order valence-electron chi connectivity index (χ1n) is 8.99. The molecule has 144 valence electrons. The number of nitrogens with zero attached hydrogens (tertiary/aromatic N) is 1. The third kappa shape index (κ3) is 5.72. The normalized spacial score (nSPS) is 10.4. The minimum Gasteiger partial charge on any atom is -0.497 e. The highest BCUT2D eigenvalue weighted by molar-refractivity contribution is 6.30. The van der Waals surface area contributed by atoms with Crippen molar-refractivity contribution >= 4 is 23.2 Å². The summed E-state index contributed by atoms with van der Waals surface area (Å²) in [4.78, 5) is 16.5. The molecule has 0 saturated heterocycles. The number of ether oxygens (including phenoxy) is 1. The van der Waals surface area contributed by atoms with Crippen LogP contribution in [0.1, 0.15) is 21.6 Å². The van der Waals surface area contributed by atoms with Crippen LogP contribution in [-0.4, -0.2) is 24.5 Å². The second kappa shape index (κ2) is 9.76. The monoisotopic (exact) mass is 395 g/mol. The number of hydrogen-bond donors (Lipinski definition) is 2. The van der Waals surface area contributed by atoms with Crippen LogP contribution in [0.2, 0.25) is 5.02 Å². The van der Waals surface area contributed by atoms with Crippen molar-refractivity contribution in [2.24, 2.45) is 0 Å². The zero-order valence-corrected chi connectivity index (χ0v) is 16.4. The van der Waals surface area contributed by atoms with Crippen LogP contribution in [0.4, 0.5) is 5.69 Å². The highest BCUT2D eigenvalue weighted by atomic mass is 35.5. The largest absolute Gasteiger partial charge is 0.497 e. The molecule has 1 aromatic heterocycles. The molecular formula is C22H22ClN3O2. The summed E-state index contributed by atoms with van der Waals surface area (Å²) in [6, 6.07) is 18.9. The fourth-order valence-electron chi connectivity index (χ4n) is 2.69. The SMILES string of the molecule is COc1cccc(CCNc2ccc(C(=O)NCc3ccc(Cl)cc3)nc2)c1. The number of rotatable bonds is 8. The smallest absolute Gasteiger partial charge is 0.270 e. The summed E-state index contributed by atoms with van der Waals surface area (Å²) >= 11 is 5.86. The van der Waals surface area contributed by atoms with Gasteiger partial charge in [0, 0.05) is 18.1 Å². The molecule has 0 aliphatic rings. The van der Waals surface area contributed by atoms with Crippen molar-refractivity contribution in [3.05, 3.63) is 88.7 Å². The lowest BCUT2D eigenvalue weighted by molar-refractivity contribution is 0.0946. The first-order chi connectivity index (χ1) is 13.6. The van der Waals surface area contributed by atoms with Crippen LogP contribution in [0.5, 0.6) is 5.75 Å². The molecule has 0 unspecified atom stereocenters. The van der Waals surface area contributed by atoms with E-state index in [0.29, 0.717) is 17.3 Å². The van der Waals surface area contributed by atoms with Crippen LogP contribution in [-0.2, 0) is 13.0 Å². The maximum Gasteiger partial charge on any atom is 0.270 e. The molecule has 5 nitrogen and oxygen atoms in total. The highest BCUT2D eigenvalue weighted by Crippen LogP contribution is 2.14. The molecule has 1 amide bonds. The summed E-state index contributed by atoms with van der Waals surface area (Å²) in [7, 11) is 1.66. The van der Waals surface area contributed by atoms with Gasteiger partial charge in [0.05, 0.1) is 19.0 Å². The lowest BCUT2D eigenvalue weighted by Gasteiger charge is -2.09. The third-order valence-corrected chi connectivity index (χ3v) is 4.49. The van der Waals surface area contributed by atoms with E-state index in [1.807, 2.05) is 36.4 Å². The van der Waals surface area contributed by atoms with Crippen molar-refractivity contribution in [1.82, 2.24) is 10.3 Å². The van der Waals surface area contributed by atoms with E-state index in [2.05, 4.69) is 21.7 Å². The number of hydrogen-bond acceptors (Lipinski definition) is 4. The van der Waals surface area contributed by atoms with Gasteiger partial charge in [-0.3, -0.25) is 4.79 Å². The first kappa shape index (κ1) is 19.7. The number of aromatic nitrogens is 1. The quantitative estimate of drug-likeness (QED) is 0.596. The van der Waals surface area contributed by atoms with Gasteiger partial charge in [-0.2, -0.15) is 0 Å². The molecule has 1 heterocycles. The molecule has 0 aliphatic carbocycles. The predicted octanol–water partition coefficient (Wildman–Crippen LogP) is 4.33. The van der Waals surface area contributed by atoms with E-state index >= 15 is 0 Å². The molecular weight excluding hydrogens is 374 g/mol. The Bertz CT molecular complexity index is 912. The minimum absolute atomic E-state index is 0.210. The van der Waals surface area contributed by atoms with E-state index in [-0.39, 0.29) is 5.91 Å². The van der Waals surface area contributed by atoms with E-state index in [9.17, 15) is 4.79 Å². The predicted molar refractivity (Wildman–Crippen MR) is 112 cm³/mol.